The summed E-state index contributed by atoms with van der Waals surface area (Å²) in [4.78, 5) is 48.0. The van der Waals surface area contributed by atoms with E-state index in [0.29, 0.717) is 25.8 Å². The van der Waals surface area contributed by atoms with Gasteiger partial charge in [-0.15, -0.1) is 6.58 Å². The lowest BCUT2D eigenvalue weighted by molar-refractivity contribution is -0.161. The van der Waals surface area contributed by atoms with Crippen LogP contribution in [0.4, 0.5) is 11.4 Å². The van der Waals surface area contributed by atoms with Crippen molar-refractivity contribution in [2.24, 2.45) is 17.8 Å². The van der Waals surface area contributed by atoms with Gasteiger partial charge in [-0.3, -0.25) is 14.4 Å². The van der Waals surface area contributed by atoms with Gasteiger partial charge in [0, 0.05) is 44.2 Å². The summed E-state index contributed by atoms with van der Waals surface area (Å²) < 4.78 is 12.3. The second-order valence-corrected chi connectivity index (χ2v) is 12.1. The first-order valence-electron chi connectivity index (χ1n) is 15.7. The number of fused-ring (bicyclic) bond motifs is 1. The molecule has 0 radical (unpaired) electrons. The molecule has 9 nitrogen and oxygen atoms in total. The minimum Gasteiger partial charge on any atom is -0.466 e. The lowest BCUT2D eigenvalue weighted by Gasteiger charge is -2.37. The van der Waals surface area contributed by atoms with E-state index in [-0.39, 0.29) is 37.5 Å². The zero-order chi connectivity index (χ0) is 30.7. The molecule has 1 aromatic rings. The van der Waals surface area contributed by atoms with Crippen LogP contribution in [0.2, 0.25) is 0 Å². The number of benzene rings is 1. The summed E-state index contributed by atoms with van der Waals surface area (Å²) in [6.45, 7) is 16.6. The Morgan fingerprint density at radius 3 is 2.36 bits per heavy atom. The second kappa shape index (κ2) is 13.2. The Balaban J connectivity index is 1.74. The number of rotatable bonds is 15. The fourth-order valence-electron chi connectivity index (χ4n) is 7.63. The molecule has 1 N–H and O–H groups in total. The highest BCUT2D eigenvalue weighted by molar-refractivity contribution is 6.05. The lowest BCUT2D eigenvalue weighted by Crippen LogP contribution is -2.57. The quantitative estimate of drug-likeness (QED) is 0.188. The van der Waals surface area contributed by atoms with Gasteiger partial charge >= 0.3 is 5.97 Å². The molecule has 3 fully saturated rings. The Labute approximate surface area is 250 Å². The average Bonchev–Trinajstić information content (AvgIpc) is 3.49. The number of anilines is 2. The Hall–Kier alpha value is -2.91. The summed E-state index contributed by atoms with van der Waals surface area (Å²) in [7, 11) is 0. The third-order valence-corrected chi connectivity index (χ3v) is 9.76. The second-order valence-electron chi connectivity index (χ2n) is 12.1. The van der Waals surface area contributed by atoms with Crippen LogP contribution in [0.3, 0.4) is 0 Å². The predicted octanol–water partition coefficient (Wildman–Crippen LogP) is 4.18. The number of ether oxygens (including phenoxy) is 2. The van der Waals surface area contributed by atoms with Crippen molar-refractivity contribution in [2.45, 2.75) is 84.0 Å². The van der Waals surface area contributed by atoms with E-state index in [1.54, 1.807) is 22.8 Å². The molecule has 3 aliphatic heterocycles. The number of aliphatic hydroxyl groups is 1. The van der Waals surface area contributed by atoms with Crippen LogP contribution in [0.15, 0.2) is 36.9 Å². The van der Waals surface area contributed by atoms with Crippen LogP contribution >= 0.6 is 0 Å². The summed E-state index contributed by atoms with van der Waals surface area (Å²) in [5.74, 6) is -2.46. The molecule has 9 heteroatoms. The van der Waals surface area contributed by atoms with E-state index in [1.165, 1.54) is 0 Å². The third kappa shape index (κ3) is 5.34. The van der Waals surface area contributed by atoms with Gasteiger partial charge in [0.25, 0.3) is 5.91 Å². The van der Waals surface area contributed by atoms with Crippen LogP contribution in [0.5, 0.6) is 0 Å². The zero-order valence-electron chi connectivity index (χ0n) is 26.0. The zero-order valence-corrected chi connectivity index (χ0v) is 26.0. The van der Waals surface area contributed by atoms with Gasteiger partial charge in [-0.25, -0.2) is 0 Å². The van der Waals surface area contributed by atoms with Crippen molar-refractivity contribution in [2.75, 3.05) is 49.2 Å². The number of esters is 1. The minimum atomic E-state index is -1.12. The van der Waals surface area contributed by atoms with E-state index in [0.717, 1.165) is 37.3 Å². The highest BCUT2D eigenvalue weighted by Gasteiger charge is 2.80. The molecule has 3 unspecified atom stereocenters. The van der Waals surface area contributed by atoms with Gasteiger partial charge in [0.05, 0.1) is 18.1 Å². The molecule has 4 rings (SSSR count). The maximum absolute atomic E-state index is 14.7. The van der Waals surface area contributed by atoms with Crippen molar-refractivity contribution >= 4 is 29.2 Å². The first-order valence-corrected chi connectivity index (χ1v) is 15.7. The van der Waals surface area contributed by atoms with Crippen molar-refractivity contribution in [3.8, 4) is 0 Å². The summed E-state index contributed by atoms with van der Waals surface area (Å²) in [6, 6.07) is 7.04. The highest BCUT2D eigenvalue weighted by atomic mass is 16.6. The van der Waals surface area contributed by atoms with Gasteiger partial charge in [-0.1, -0.05) is 25.8 Å². The SMILES string of the molecule is C=CCN(C(=O)C1N(CCCCCCO)C(=O)[C@@H]2[C@@H](C(=O)OCC)[C@]3(C)OC12CC3C)c1ccc(N(CC)CC)cc1. The summed E-state index contributed by atoms with van der Waals surface area (Å²) in [5.41, 5.74) is -0.219. The molecule has 0 aromatic heterocycles. The summed E-state index contributed by atoms with van der Waals surface area (Å²) in [6.07, 6.45) is 5.25. The molecule has 3 aliphatic rings. The summed E-state index contributed by atoms with van der Waals surface area (Å²) in [5, 5.41) is 9.20. The molecule has 0 aliphatic carbocycles. The van der Waals surface area contributed by atoms with Crippen LogP contribution in [0.1, 0.15) is 66.7 Å². The van der Waals surface area contributed by atoms with E-state index in [9.17, 15) is 19.5 Å². The fraction of sp³-hybridized carbons (Fsp3) is 0.667. The van der Waals surface area contributed by atoms with Gasteiger partial charge in [0.2, 0.25) is 5.91 Å². The highest BCUT2D eigenvalue weighted by Crippen LogP contribution is 2.65. The Kier molecular flexibility index (Phi) is 10.0. The molecule has 1 aromatic carbocycles. The van der Waals surface area contributed by atoms with Crippen LogP contribution < -0.4 is 9.80 Å². The van der Waals surface area contributed by atoms with E-state index in [2.05, 4.69) is 25.3 Å². The molecule has 3 saturated heterocycles. The number of likely N-dealkylation sites (tertiary alicyclic amines) is 1. The van der Waals surface area contributed by atoms with Crippen LogP contribution in [-0.2, 0) is 23.9 Å². The largest absolute Gasteiger partial charge is 0.466 e. The minimum absolute atomic E-state index is 0.0445. The van der Waals surface area contributed by atoms with E-state index >= 15 is 0 Å². The van der Waals surface area contributed by atoms with Gasteiger partial charge < -0.3 is 29.3 Å². The maximum atomic E-state index is 14.7. The monoisotopic (exact) mass is 583 g/mol. The van der Waals surface area contributed by atoms with Gasteiger partial charge in [0.15, 0.2) is 0 Å². The predicted molar refractivity (Wildman–Crippen MR) is 163 cm³/mol. The number of aliphatic hydroxyl groups excluding tert-OH is 1. The standard InChI is InChI=1S/C33H49N3O6/c1-7-19-35(25-17-15-24(16-18-25)34(8-2)9-3)30(39)28-33-22-23(5)32(6,42-33)27(31(40)41-10-4)26(33)29(38)36(28)20-13-11-12-14-21-37/h7,15-18,23,26-28,37H,1,8-14,19-22H2,2-6H3/t23?,26-,27-,28?,32+,33?/m0/s1. The molecule has 2 bridgehead atoms. The Bertz CT molecular complexity index is 1140. The molecule has 42 heavy (non-hydrogen) atoms. The van der Waals surface area contributed by atoms with Crippen molar-refractivity contribution < 1.29 is 29.0 Å². The Morgan fingerprint density at radius 2 is 1.76 bits per heavy atom. The molecule has 3 heterocycles. The first kappa shape index (κ1) is 32.0. The number of carbonyl (C=O) groups excluding carboxylic acids is 3. The smallest absolute Gasteiger partial charge is 0.312 e. The number of hydrogen-bond donors (Lipinski definition) is 1. The van der Waals surface area contributed by atoms with Crippen molar-refractivity contribution in [1.82, 2.24) is 4.90 Å². The van der Waals surface area contributed by atoms with E-state index in [4.69, 9.17) is 9.47 Å². The molecule has 0 saturated carbocycles. The van der Waals surface area contributed by atoms with Crippen LogP contribution in [0.25, 0.3) is 0 Å². The molecular formula is C33H49N3O6. The average molecular weight is 584 g/mol. The van der Waals surface area contributed by atoms with Crippen molar-refractivity contribution in [1.29, 1.82) is 0 Å². The van der Waals surface area contributed by atoms with Gasteiger partial charge in [-0.05, 0) is 77.1 Å². The Morgan fingerprint density at radius 1 is 1.12 bits per heavy atom. The molecular weight excluding hydrogens is 534 g/mol. The number of carbonyl (C=O) groups is 3. The topological polar surface area (TPSA) is 99.6 Å². The number of nitrogens with zero attached hydrogens (tertiary/aromatic N) is 3. The van der Waals surface area contributed by atoms with Crippen LogP contribution in [-0.4, -0.2) is 84.4 Å². The maximum Gasteiger partial charge on any atom is 0.312 e. The normalized spacial score (nSPS) is 29.5. The molecule has 1 spiro atoms. The number of amides is 2. The van der Waals surface area contributed by atoms with Gasteiger partial charge in [-0.2, -0.15) is 0 Å². The number of unbranched alkanes of at least 4 members (excludes halogenated alkanes) is 3. The van der Waals surface area contributed by atoms with E-state index < -0.39 is 35.0 Å². The molecule has 2 amide bonds. The molecule has 6 atom stereocenters. The van der Waals surface area contributed by atoms with Crippen LogP contribution in [0, 0.1) is 17.8 Å². The molecule has 232 valence electrons. The van der Waals surface area contributed by atoms with Crippen molar-refractivity contribution in [3.63, 3.8) is 0 Å². The first-order chi connectivity index (χ1) is 20.1. The van der Waals surface area contributed by atoms with Gasteiger partial charge in [0.1, 0.15) is 17.6 Å². The summed E-state index contributed by atoms with van der Waals surface area (Å²) >= 11 is 0. The fourth-order valence-corrected chi connectivity index (χ4v) is 7.63. The van der Waals surface area contributed by atoms with Crippen molar-refractivity contribution in [3.05, 3.63) is 36.9 Å². The third-order valence-electron chi connectivity index (χ3n) is 9.76. The van der Waals surface area contributed by atoms with E-state index in [1.807, 2.05) is 38.1 Å². The lowest BCUT2D eigenvalue weighted by atomic mass is 9.62. The number of hydrogen-bond acceptors (Lipinski definition) is 7.